The standard InChI is InChI=1S/C16H23NO5S/c1-13(12-21-15-8-4-3-5-9-15)22-16(18)14-7-6-10-17(11-14)23(2,19)20/h3-5,8-9,13-14H,6-7,10-12H2,1-2H3/t13-,14-/m1/s1. The Morgan fingerprint density at radius 2 is 2.04 bits per heavy atom. The van der Waals surface area contributed by atoms with Gasteiger partial charge < -0.3 is 9.47 Å². The number of carbonyl (C=O) groups excluding carboxylic acids is 1. The lowest BCUT2D eigenvalue weighted by Gasteiger charge is -2.30. The van der Waals surface area contributed by atoms with Crippen LogP contribution >= 0.6 is 0 Å². The van der Waals surface area contributed by atoms with Crippen molar-refractivity contribution in [2.75, 3.05) is 26.0 Å². The summed E-state index contributed by atoms with van der Waals surface area (Å²) in [7, 11) is -3.27. The largest absolute Gasteiger partial charge is 0.490 e. The number of hydrogen-bond donors (Lipinski definition) is 0. The Bertz CT molecular complexity index is 617. The summed E-state index contributed by atoms with van der Waals surface area (Å²) >= 11 is 0. The minimum atomic E-state index is -3.27. The lowest BCUT2D eigenvalue weighted by Crippen LogP contribution is -2.43. The van der Waals surface area contributed by atoms with E-state index in [9.17, 15) is 13.2 Å². The molecule has 0 unspecified atom stereocenters. The SMILES string of the molecule is C[C@H](COc1ccccc1)OC(=O)[C@@H]1CCCN(S(C)(=O)=O)C1. The van der Waals surface area contributed by atoms with Gasteiger partial charge in [-0.15, -0.1) is 0 Å². The van der Waals surface area contributed by atoms with E-state index in [1.54, 1.807) is 6.92 Å². The van der Waals surface area contributed by atoms with Crippen LogP contribution in [0.4, 0.5) is 0 Å². The third-order valence-corrected chi connectivity index (χ3v) is 5.00. The van der Waals surface area contributed by atoms with Crippen LogP contribution < -0.4 is 4.74 Å². The van der Waals surface area contributed by atoms with E-state index in [2.05, 4.69) is 0 Å². The number of piperidine rings is 1. The summed E-state index contributed by atoms with van der Waals surface area (Å²) in [6, 6.07) is 9.30. The third-order valence-electron chi connectivity index (χ3n) is 3.73. The molecule has 2 atom stereocenters. The first kappa shape index (κ1) is 17.7. The molecule has 1 aliphatic heterocycles. The van der Waals surface area contributed by atoms with Gasteiger partial charge in [0.25, 0.3) is 0 Å². The topological polar surface area (TPSA) is 72.9 Å². The van der Waals surface area contributed by atoms with Gasteiger partial charge in [0.15, 0.2) is 0 Å². The van der Waals surface area contributed by atoms with Crippen LogP contribution in [-0.4, -0.2) is 50.7 Å². The number of carbonyl (C=O) groups is 1. The Kier molecular flexibility index (Phi) is 6.01. The molecule has 0 bridgehead atoms. The summed E-state index contributed by atoms with van der Waals surface area (Å²) in [5, 5.41) is 0. The van der Waals surface area contributed by atoms with Crippen LogP contribution in [0.3, 0.4) is 0 Å². The Labute approximate surface area is 137 Å². The molecule has 0 spiro atoms. The van der Waals surface area contributed by atoms with Gasteiger partial charge in [-0.3, -0.25) is 4.79 Å². The van der Waals surface area contributed by atoms with E-state index in [4.69, 9.17) is 9.47 Å². The first-order chi connectivity index (χ1) is 10.9. The normalized spacial score (nSPS) is 20.7. The van der Waals surface area contributed by atoms with Gasteiger partial charge in [0.1, 0.15) is 18.5 Å². The Hall–Kier alpha value is -1.60. The second-order valence-electron chi connectivity index (χ2n) is 5.83. The molecule has 1 saturated heterocycles. The van der Waals surface area contributed by atoms with Crippen molar-refractivity contribution < 1.29 is 22.7 Å². The van der Waals surface area contributed by atoms with Crippen molar-refractivity contribution in [1.29, 1.82) is 0 Å². The molecular weight excluding hydrogens is 318 g/mol. The zero-order valence-electron chi connectivity index (χ0n) is 13.5. The van der Waals surface area contributed by atoms with Crippen LogP contribution in [0.5, 0.6) is 5.75 Å². The average molecular weight is 341 g/mol. The highest BCUT2D eigenvalue weighted by atomic mass is 32.2. The summed E-state index contributed by atoms with van der Waals surface area (Å²) in [6.07, 6.45) is 2.09. The molecule has 2 rings (SSSR count). The summed E-state index contributed by atoms with van der Waals surface area (Å²) in [5.41, 5.74) is 0. The van der Waals surface area contributed by atoms with Gasteiger partial charge in [0.2, 0.25) is 10.0 Å². The first-order valence-electron chi connectivity index (χ1n) is 7.69. The minimum absolute atomic E-state index is 0.198. The maximum Gasteiger partial charge on any atom is 0.310 e. The lowest BCUT2D eigenvalue weighted by molar-refractivity contribution is -0.155. The van der Waals surface area contributed by atoms with Crippen molar-refractivity contribution in [2.24, 2.45) is 5.92 Å². The Morgan fingerprint density at radius 3 is 2.70 bits per heavy atom. The second-order valence-corrected chi connectivity index (χ2v) is 7.81. The summed E-state index contributed by atoms with van der Waals surface area (Å²) < 4.78 is 35.5. The number of benzene rings is 1. The van der Waals surface area contributed by atoms with Gasteiger partial charge in [-0.2, -0.15) is 0 Å². The molecule has 0 N–H and O–H groups in total. The van der Waals surface area contributed by atoms with Crippen molar-refractivity contribution in [3.8, 4) is 5.75 Å². The monoisotopic (exact) mass is 341 g/mol. The molecule has 0 aromatic heterocycles. The number of esters is 1. The van der Waals surface area contributed by atoms with Gasteiger partial charge in [-0.1, -0.05) is 18.2 Å². The lowest BCUT2D eigenvalue weighted by atomic mass is 10.00. The fourth-order valence-corrected chi connectivity index (χ4v) is 3.41. The Morgan fingerprint density at radius 1 is 1.35 bits per heavy atom. The van der Waals surface area contributed by atoms with E-state index in [0.29, 0.717) is 19.4 Å². The number of rotatable bonds is 6. The van der Waals surface area contributed by atoms with Crippen molar-refractivity contribution in [1.82, 2.24) is 4.31 Å². The molecule has 128 valence electrons. The fraction of sp³-hybridized carbons (Fsp3) is 0.562. The van der Waals surface area contributed by atoms with Crippen LogP contribution in [-0.2, 0) is 19.6 Å². The van der Waals surface area contributed by atoms with Crippen LogP contribution in [0.1, 0.15) is 19.8 Å². The van der Waals surface area contributed by atoms with Gasteiger partial charge in [-0.25, -0.2) is 12.7 Å². The zero-order valence-corrected chi connectivity index (χ0v) is 14.3. The van der Waals surface area contributed by atoms with Crippen molar-refractivity contribution in [3.05, 3.63) is 30.3 Å². The van der Waals surface area contributed by atoms with Gasteiger partial charge >= 0.3 is 5.97 Å². The van der Waals surface area contributed by atoms with E-state index in [1.807, 2.05) is 30.3 Å². The number of ether oxygens (including phenoxy) is 2. The smallest absolute Gasteiger partial charge is 0.310 e. The van der Waals surface area contributed by atoms with Crippen molar-refractivity contribution >= 4 is 16.0 Å². The van der Waals surface area contributed by atoms with Crippen LogP contribution in [0, 0.1) is 5.92 Å². The number of hydrogen-bond acceptors (Lipinski definition) is 5. The molecule has 0 saturated carbocycles. The van der Waals surface area contributed by atoms with Crippen LogP contribution in [0.2, 0.25) is 0 Å². The maximum absolute atomic E-state index is 12.2. The molecule has 1 aromatic carbocycles. The third kappa shape index (κ3) is 5.51. The molecule has 0 amide bonds. The van der Waals surface area contributed by atoms with Crippen LogP contribution in [0.15, 0.2) is 30.3 Å². The first-order valence-corrected chi connectivity index (χ1v) is 9.54. The molecule has 6 nitrogen and oxygen atoms in total. The molecule has 0 aliphatic carbocycles. The van der Waals surface area contributed by atoms with E-state index < -0.39 is 22.0 Å². The van der Waals surface area contributed by atoms with Crippen molar-refractivity contribution in [3.63, 3.8) is 0 Å². The average Bonchev–Trinajstić information content (AvgIpc) is 2.53. The van der Waals surface area contributed by atoms with Crippen molar-refractivity contribution in [2.45, 2.75) is 25.9 Å². The summed E-state index contributed by atoms with van der Waals surface area (Å²) in [5.74, 6) is -0.0449. The maximum atomic E-state index is 12.2. The van der Waals surface area contributed by atoms with E-state index in [1.165, 1.54) is 4.31 Å². The molecule has 1 fully saturated rings. The van der Waals surface area contributed by atoms with Gasteiger partial charge in [0.05, 0.1) is 12.2 Å². The highest BCUT2D eigenvalue weighted by Gasteiger charge is 2.31. The van der Waals surface area contributed by atoms with Crippen LogP contribution in [0.25, 0.3) is 0 Å². The second kappa shape index (κ2) is 7.79. The van der Waals surface area contributed by atoms with Gasteiger partial charge in [0, 0.05) is 13.1 Å². The molecular formula is C16H23NO5S. The highest BCUT2D eigenvalue weighted by molar-refractivity contribution is 7.88. The van der Waals surface area contributed by atoms with E-state index in [-0.39, 0.29) is 19.1 Å². The molecule has 1 heterocycles. The fourth-order valence-electron chi connectivity index (χ4n) is 2.49. The highest BCUT2D eigenvalue weighted by Crippen LogP contribution is 2.20. The Balaban J connectivity index is 1.81. The van der Waals surface area contributed by atoms with Gasteiger partial charge in [-0.05, 0) is 31.9 Å². The quantitative estimate of drug-likeness (QED) is 0.736. The molecule has 7 heteroatoms. The predicted molar refractivity (Wildman–Crippen MR) is 86.6 cm³/mol. The van der Waals surface area contributed by atoms with E-state index >= 15 is 0 Å². The zero-order chi connectivity index (χ0) is 16.9. The molecule has 23 heavy (non-hydrogen) atoms. The predicted octanol–water partition coefficient (Wildman–Crippen LogP) is 1.67. The van der Waals surface area contributed by atoms with E-state index in [0.717, 1.165) is 12.0 Å². The summed E-state index contributed by atoms with van der Waals surface area (Å²) in [6.45, 7) is 2.69. The molecule has 1 aromatic rings. The number of sulfonamides is 1. The molecule has 1 aliphatic rings. The number of nitrogens with zero attached hydrogens (tertiary/aromatic N) is 1. The number of para-hydroxylation sites is 1. The molecule has 0 radical (unpaired) electrons. The summed E-state index contributed by atoms with van der Waals surface area (Å²) in [4.78, 5) is 12.2. The minimum Gasteiger partial charge on any atom is -0.490 e.